The van der Waals surface area contributed by atoms with E-state index in [1.54, 1.807) is 0 Å². The molecule has 1 rings (SSSR count). The largest absolute Gasteiger partial charge is 0.406 e. The zero-order valence-corrected chi connectivity index (χ0v) is 13.6. The van der Waals surface area contributed by atoms with Crippen molar-refractivity contribution in [1.29, 1.82) is 0 Å². The molecular formula is C15H24O3Si. The summed E-state index contributed by atoms with van der Waals surface area (Å²) < 4.78 is 16.8. The minimum Gasteiger partial charge on any atom is -0.406 e. The van der Waals surface area contributed by atoms with Crippen LogP contribution in [0.3, 0.4) is 0 Å². The van der Waals surface area contributed by atoms with E-state index < -0.39 is 14.1 Å². The van der Waals surface area contributed by atoms with E-state index in [1.165, 1.54) is 0 Å². The number of terminal acetylenes is 1. The molecule has 19 heavy (non-hydrogen) atoms. The van der Waals surface area contributed by atoms with Gasteiger partial charge in [-0.1, -0.05) is 26.7 Å². The molecule has 0 spiro atoms. The first-order valence-electron chi connectivity index (χ1n) is 6.62. The van der Waals surface area contributed by atoms with Crippen LogP contribution in [-0.4, -0.2) is 33.9 Å². The summed E-state index contributed by atoms with van der Waals surface area (Å²) in [5, 5.41) is 0.177. The lowest BCUT2D eigenvalue weighted by atomic mass is 10.2. The second-order valence-electron chi connectivity index (χ2n) is 6.16. The van der Waals surface area contributed by atoms with Crippen molar-refractivity contribution in [1.82, 2.24) is 0 Å². The first-order chi connectivity index (χ1) is 8.72. The average molecular weight is 280 g/mol. The molecule has 1 fully saturated rings. The van der Waals surface area contributed by atoms with Gasteiger partial charge >= 0.3 is 5.79 Å². The molecule has 0 N–H and O–H groups in total. The molecule has 4 heteroatoms. The molecule has 0 bridgehead atoms. The van der Waals surface area contributed by atoms with Crippen molar-refractivity contribution in [3.63, 3.8) is 0 Å². The summed E-state index contributed by atoms with van der Waals surface area (Å²) in [4.78, 5) is 0. The van der Waals surface area contributed by atoms with Crippen LogP contribution in [0.4, 0.5) is 0 Å². The fourth-order valence-corrected chi connectivity index (χ4v) is 2.18. The Morgan fingerprint density at radius 1 is 1.26 bits per heavy atom. The molecule has 1 aliphatic heterocycles. The van der Waals surface area contributed by atoms with Gasteiger partial charge in [-0.3, -0.25) is 0 Å². The average Bonchev–Trinajstić information content (AvgIpc) is 2.34. The van der Waals surface area contributed by atoms with Gasteiger partial charge in [0.2, 0.25) is 0 Å². The summed E-state index contributed by atoms with van der Waals surface area (Å²) in [5.74, 6) is 7.13. The highest BCUT2D eigenvalue weighted by Crippen LogP contribution is 2.36. The molecule has 0 aliphatic carbocycles. The van der Waals surface area contributed by atoms with Crippen LogP contribution in [0, 0.1) is 24.2 Å². The molecule has 0 aromatic rings. The normalized spacial score (nSPS) is 19.2. The molecular weight excluding hydrogens is 256 g/mol. The fraction of sp³-hybridized carbons (Fsp3) is 0.733. The van der Waals surface area contributed by atoms with Crippen molar-refractivity contribution < 1.29 is 13.9 Å². The third-order valence-corrected chi connectivity index (χ3v) is 8.13. The van der Waals surface area contributed by atoms with Gasteiger partial charge in [-0.15, -0.1) is 6.42 Å². The van der Waals surface area contributed by atoms with Crippen LogP contribution in [0.15, 0.2) is 0 Å². The minimum atomic E-state index is -1.76. The molecule has 106 valence electrons. The van der Waals surface area contributed by atoms with Gasteiger partial charge in [-0.05, 0) is 36.4 Å². The summed E-state index contributed by atoms with van der Waals surface area (Å²) in [6.07, 6.45) is 6.29. The SMILES string of the molecule is C#CC1(C#CCO[Si](C)(C)C(C)(C)C)OCCCO1. The standard InChI is InChI=1S/C15H24O3Si/c1-7-15(16-11-9-12-17-15)10-8-13-18-19(5,6)14(2,3)4/h1H,9,11-13H2,2-6H3. The van der Waals surface area contributed by atoms with Gasteiger partial charge < -0.3 is 13.9 Å². The van der Waals surface area contributed by atoms with Crippen LogP contribution < -0.4 is 0 Å². The Labute approximate surface area is 118 Å². The van der Waals surface area contributed by atoms with E-state index in [-0.39, 0.29) is 5.04 Å². The van der Waals surface area contributed by atoms with E-state index in [2.05, 4.69) is 51.6 Å². The van der Waals surface area contributed by atoms with Crippen LogP contribution in [0.1, 0.15) is 27.2 Å². The maximum absolute atomic E-state index is 5.96. The first kappa shape index (κ1) is 16.3. The van der Waals surface area contributed by atoms with Gasteiger partial charge in [-0.25, -0.2) is 0 Å². The fourth-order valence-electron chi connectivity index (χ4n) is 1.31. The van der Waals surface area contributed by atoms with Gasteiger partial charge in [0.05, 0.1) is 19.8 Å². The Kier molecular flexibility index (Phi) is 5.23. The van der Waals surface area contributed by atoms with E-state index in [0.717, 1.165) is 6.42 Å². The lowest BCUT2D eigenvalue weighted by molar-refractivity contribution is -0.192. The van der Waals surface area contributed by atoms with Crippen molar-refractivity contribution in [2.45, 2.75) is 51.1 Å². The number of hydrogen-bond acceptors (Lipinski definition) is 3. The number of rotatable bonds is 2. The van der Waals surface area contributed by atoms with Gasteiger partial charge in [-0.2, -0.15) is 0 Å². The topological polar surface area (TPSA) is 27.7 Å². The van der Waals surface area contributed by atoms with Crippen molar-refractivity contribution in [2.75, 3.05) is 19.8 Å². The number of ether oxygens (including phenoxy) is 2. The lowest BCUT2D eigenvalue weighted by Crippen LogP contribution is -2.41. The van der Waals surface area contributed by atoms with Crippen LogP contribution in [0.25, 0.3) is 0 Å². The quantitative estimate of drug-likeness (QED) is 0.575. The molecule has 3 nitrogen and oxygen atoms in total. The van der Waals surface area contributed by atoms with Crippen LogP contribution in [0.2, 0.25) is 18.1 Å². The second-order valence-corrected chi connectivity index (χ2v) is 11.0. The Balaban J connectivity index is 2.58. The summed E-state index contributed by atoms with van der Waals surface area (Å²) in [5.41, 5.74) is 0. The molecule has 0 radical (unpaired) electrons. The van der Waals surface area contributed by atoms with E-state index in [1.807, 2.05) is 0 Å². The van der Waals surface area contributed by atoms with Crippen LogP contribution in [-0.2, 0) is 13.9 Å². The third-order valence-electron chi connectivity index (χ3n) is 3.65. The molecule has 0 unspecified atom stereocenters. The van der Waals surface area contributed by atoms with Crippen LogP contribution >= 0.6 is 0 Å². The molecule has 0 atom stereocenters. The summed E-state index contributed by atoms with van der Waals surface area (Å²) in [6.45, 7) is 12.5. The van der Waals surface area contributed by atoms with Crippen molar-refractivity contribution in [3.8, 4) is 24.2 Å². The molecule has 1 saturated heterocycles. The van der Waals surface area contributed by atoms with Crippen molar-refractivity contribution >= 4 is 8.32 Å². The molecule has 0 amide bonds. The molecule has 0 aromatic carbocycles. The van der Waals surface area contributed by atoms with Crippen LogP contribution in [0.5, 0.6) is 0 Å². The Hall–Kier alpha value is -0.783. The Morgan fingerprint density at radius 2 is 1.84 bits per heavy atom. The van der Waals surface area contributed by atoms with Crippen molar-refractivity contribution in [2.24, 2.45) is 0 Å². The smallest absolute Gasteiger partial charge is 0.300 e. The van der Waals surface area contributed by atoms with E-state index in [9.17, 15) is 0 Å². The Bertz CT molecular complexity index is 398. The second kappa shape index (κ2) is 6.11. The minimum absolute atomic E-state index is 0.177. The highest BCUT2D eigenvalue weighted by atomic mass is 28.4. The predicted molar refractivity (Wildman–Crippen MR) is 79.0 cm³/mol. The van der Waals surface area contributed by atoms with E-state index >= 15 is 0 Å². The third kappa shape index (κ3) is 4.37. The van der Waals surface area contributed by atoms with Gasteiger partial charge in [0, 0.05) is 0 Å². The maximum atomic E-state index is 5.96. The van der Waals surface area contributed by atoms with Gasteiger partial charge in [0.25, 0.3) is 0 Å². The maximum Gasteiger partial charge on any atom is 0.300 e. The Morgan fingerprint density at radius 3 is 2.32 bits per heavy atom. The monoisotopic (exact) mass is 280 g/mol. The molecule has 1 aliphatic rings. The van der Waals surface area contributed by atoms with E-state index in [4.69, 9.17) is 20.3 Å². The first-order valence-corrected chi connectivity index (χ1v) is 9.53. The van der Waals surface area contributed by atoms with E-state index in [0.29, 0.717) is 19.8 Å². The zero-order chi connectivity index (χ0) is 14.6. The van der Waals surface area contributed by atoms with Gasteiger partial charge in [0.1, 0.15) is 0 Å². The predicted octanol–water partition coefficient (Wildman–Crippen LogP) is 2.78. The highest BCUT2D eigenvalue weighted by Gasteiger charge is 2.37. The van der Waals surface area contributed by atoms with Gasteiger partial charge in [0.15, 0.2) is 8.32 Å². The summed E-state index contributed by atoms with van der Waals surface area (Å²) in [7, 11) is -1.76. The molecule has 1 heterocycles. The molecule has 0 aromatic heterocycles. The van der Waals surface area contributed by atoms with Crippen molar-refractivity contribution in [3.05, 3.63) is 0 Å². The lowest BCUT2D eigenvalue weighted by Gasteiger charge is -2.35. The molecule has 0 saturated carbocycles. The zero-order valence-electron chi connectivity index (χ0n) is 12.6. The highest BCUT2D eigenvalue weighted by molar-refractivity contribution is 6.74. The number of hydrogen-bond donors (Lipinski definition) is 0. The summed E-state index contributed by atoms with van der Waals surface area (Å²) in [6, 6.07) is 0. The summed E-state index contributed by atoms with van der Waals surface area (Å²) >= 11 is 0.